The van der Waals surface area contributed by atoms with Crippen molar-refractivity contribution in [3.05, 3.63) is 58.6 Å². The highest BCUT2D eigenvalue weighted by atomic mass is 35.5. The van der Waals surface area contributed by atoms with E-state index in [4.69, 9.17) is 21.1 Å². The lowest BCUT2D eigenvalue weighted by Crippen LogP contribution is -2.42. The number of methoxy groups -OCH3 is 1. The third kappa shape index (κ3) is 4.59. The molecule has 1 aliphatic carbocycles. The Morgan fingerprint density at radius 1 is 1.18 bits per heavy atom. The summed E-state index contributed by atoms with van der Waals surface area (Å²) in [6, 6.07) is 12.5. The zero-order valence-corrected chi connectivity index (χ0v) is 16.6. The normalized spacial score (nSPS) is 17.0. The summed E-state index contributed by atoms with van der Waals surface area (Å²) >= 11 is 6.36. The number of carboxylic acid groups (broad SMARTS) is 1. The molecule has 0 amide bonds. The maximum atomic E-state index is 11.9. The van der Waals surface area contributed by atoms with Crippen LogP contribution in [-0.4, -0.2) is 28.9 Å². The molecule has 1 atom stereocenters. The number of carboxylic acids is 1. The Labute approximate surface area is 169 Å². The van der Waals surface area contributed by atoms with Gasteiger partial charge in [-0.1, -0.05) is 49.1 Å². The fourth-order valence-electron chi connectivity index (χ4n) is 3.87. The van der Waals surface area contributed by atoms with Crippen LogP contribution in [-0.2, 0) is 11.4 Å². The van der Waals surface area contributed by atoms with Crippen molar-refractivity contribution in [3.8, 4) is 11.5 Å². The van der Waals surface area contributed by atoms with Gasteiger partial charge in [-0.2, -0.15) is 0 Å². The Hall–Kier alpha value is -2.24. The van der Waals surface area contributed by atoms with Crippen LogP contribution in [0.1, 0.15) is 49.1 Å². The standard InChI is InChI=1S/C22H25ClO5/c1-27-17-7-5-6-15(12-17)14-28-19-9-8-16(13-18(19)23)20(21(24)25)22(26)10-3-2-4-11-22/h5-9,12-13,20,26H,2-4,10-11,14H2,1H3,(H,24,25). The molecular weight excluding hydrogens is 380 g/mol. The van der Waals surface area contributed by atoms with E-state index in [2.05, 4.69) is 0 Å². The summed E-state index contributed by atoms with van der Waals surface area (Å²) in [4.78, 5) is 11.9. The summed E-state index contributed by atoms with van der Waals surface area (Å²) in [6.07, 6.45) is 3.64. The first kappa shape index (κ1) is 20.5. The number of hydrogen-bond acceptors (Lipinski definition) is 4. The van der Waals surface area contributed by atoms with Gasteiger partial charge >= 0.3 is 5.97 Å². The van der Waals surface area contributed by atoms with Crippen LogP contribution in [0.15, 0.2) is 42.5 Å². The van der Waals surface area contributed by atoms with Gasteiger partial charge < -0.3 is 19.7 Å². The Morgan fingerprint density at radius 3 is 2.57 bits per heavy atom. The number of rotatable bonds is 7. The molecule has 28 heavy (non-hydrogen) atoms. The largest absolute Gasteiger partial charge is 0.497 e. The molecule has 0 saturated heterocycles. The number of aliphatic carboxylic acids is 1. The van der Waals surface area contributed by atoms with Crippen LogP contribution in [0.2, 0.25) is 5.02 Å². The Bertz CT molecular complexity index is 829. The van der Waals surface area contributed by atoms with Gasteiger partial charge in [0.05, 0.1) is 17.7 Å². The second-order valence-corrected chi connectivity index (χ2v) is 7.67. The molecule has 1 saturated carbocycles. The number of carbonyl (C=O) groups is 1. The first-order chi connectivity index (χ1) is 13.4. The second kappa shape index (κ2) is 8.84. The van der Waals surface area contributed by atoms with Gasteiger partial charge in [0.15, 0.2) is 0 Å². The minimum atomic E-state index is -1.24. The van der Waals surface area contributed by atoms with E-state index in [9.17, 15) is 15.0 Å². The van der Waals surface area contributed by atoms with Gasteiger partial charge in [0, 0.05) is 0 Å². The molecule has 6 heteroatoms. The van der Waals surface area contributed by atoms with E-state index in [0.29, 0.717) is 35.8 Å². The lowest BCUT2D eigenvalue weighted by atomic mass is 9.73. The van der Waals surface area contributed by atoms with Gasteiger partial charge in [0.1, 0.15) is 24.0 Å². The van der Waals surface area contributed by atoms with Crippen molar-refractivity contribution in [2.24, 2.45) is 0 Å². The monoisotopic (exact) mass is 404 g/mol. The minimum Gasteiger partial charge on any atom is -0.497 e. The second-order valence-electron chi connectivity index (χ2n) is 7.27. The SMILES string of the molecule is COc1cccc(COc2ccc(C(C(=O)O)C3(O)CCCCC3)cc2Cl)c1. The number of halogens is 1. The van der Waals surface area contributed by atoms with Crippen LogP contribution < -0.4 is 9.47 Å². The van der Waals surface area contributed by atoms with Gasteiger partial charge in [0.25, 0.3) is 0 Å². The molecule has 2 aromatic rings. The number of aliphatic hydroxyl groups is 1. The molecule has 0 heterocycles. The third-order valence-electron chi connectivity index (χ3n) is 5.32. The van der Waals surface area contributed by atoms with Gasteiger partial charge in [-0.25, -0.2) is 0 Å². The van der Waals surface area contributed by atoms with Crippen molar-refractivity contribution in [1.82, 2.24) is 0 Å². The highest BCUT2D eigenvalue weighted by Crippen LogP contribution is 2.41. The molecule has 3 rings (SSSR count). The Balaban J connectivity index is 1.77. The van der Waals surface area contributed by atoms with E-state index >= 15 is 0 Å². The molecule has 0 spiro atoms. The predicted octanol–water partition coefficient (Wildman–Crippen LogP) is 4.79. The van der Waals surface area contributed by atoms with Gasteiger partial charge in [-0.05, 0) is 48.2 Å². The molecule has 0 aromatic heterocycles. The number of benzene rings is 2. The third-order valence-corrected chi connectivity index (χ3v) is 5.62. The molecule has 0 radical (unpaired) electrons. The highest BCUT2D eigenvalue weighted by Gasteiger charge is 2.43. The number of ether oxygens (including phenoxy) is 2. The van der Waals surface area contributed by atoms with Crippen molar-refractivity contribution in [3.63, 3.8) is 0 Å². The van der Waals surface area contributed by atoms with Crippen molar-refractivity contribution in [1.29, 1.82) is 0 Å². The van der Waals surface area contributed by atoms with E-state index in [1.807, 2.05) is 24.3 Å². The molecule has 0 aliphatic heterocycles. The molecule has 150 valence electrons. The molecule has 2 N–H and O–H groups in total. The highest BCUT2D eigenvalue weighted by molar-refractivity contribution is 6.32. The molecular formula is C22H25ClO5. The van der Waals surface area contributed by atoms with Crippen LogP contribution in [0.5, 0.6) is 11.5 Å². The molecule has 1 aliphatic rings. The lowest BCUT2D eigenvalue weighted by molar-refractivity contribution is -0.147. The Kier molecular flexibility index (Phi) is 6.47. The van der Waals surface area contributed by atoms with Crippen molar-refractivity contribution >= 4 is 17.6 Å². The van der Waals surface area contributed by atoms with E-state index in [1.165, 1.54) is 0 Å². The summed E-state index contributed by atoms with van der Waals surface area (Å²) in [5.41, 5.74) is 0.186. The summed E-state index contributed by atoms with van der Waals surface area (Å²) in [7, 11) is 1.61. The zero-order chi connectivity index (χ0) is 20.1. The summed E-state index contributed by atoms with van der Waals surface area (Å²) < 4.78 is 11.0. The van der Waals surface area contributed by atoms with Crippen molar-refractivity contribution in [2.45, 2.75) is 50.2 Å². The van der Waals surface area contributed by atoms with Crippen LogP contribution in [0, 0.1) is 0 Å². The van der Waals surface area contributed by atoms with Crippen molar-refractivity contribution in [2.75, 3.05) is 7.11 Å². The first-order valence-corrected chi connectivity index (χ1v) is 9.81. The molecule has 0 bridgehead atoms. The Morgan fingerprint density at radius 2 is 1.93 bits per heavy atom. The molecule has 1 unspecified atom stereocenters. The average molecular weight is 405 g/mol. The maximum Gasteiger partial charge on any atom is 0.313 e. The summed E-state index contributed by atoms with van der Waals surface area (Å²) in [5, 5.41) is 21.0. The van der Waals surface area contributed by atoms with E-state index in [0.717, 1.165) is 30.6 Å². The lowest BCUT2D eigenvalue weighted by Gasteiger charge is -2.37. The van der Waals surface area contributed by atoms with Crippen molar-refractivity contribution < 1.29 is 24.5 Å². The van der Waals surface area contributed by atoms with Gasteiger partial charge in [0.2, 0.25) is 0 Å². The zero-order valence-electron chi connectivity index (χ0n) is 15.9. The maximum absolute atomic E-state index is 11.9. The summed E-state index contributed by atoms with van der Waals surface area (Å²) in [6.45, 7) is 0.308. The van der Waals surface area contributed by atoms with E-state index < -0.39 is 17.5 Å². The van der Waals surface area contributed by atoms with E-state index in [-0.39, 0.29) is 0 Å². The summed E-state index contributed by atoms with van der Waals surface area (Å²) in [5.74, 6) is -0.830. The fourth-order valence-corrected chi connectivity index (χ4v) is 4.12. The topological polar surface area (TPSA) is 76.0 Å². The molecule has 5 nitrogen and oxygen atoms in total. The van der Waals surface area contributed by atoms with Gasteiger partial charge in [-0.3, -0.25) is 4.79 Å². The molecule has 1 fully saturated rings. The fraction of sp³-hybridized carbons (Fsp3) is 0.409. The quantitative estimate of drug-likeness (QED) is 0.693. The average Bonchev–Trinajstić information content (AvgIpc) is 2.67. The van der Waals surface area contributed by atoms with E-state index in [1.54, 1.807) is 25.3 Å². The predicted molar refractivity (Wildman–Crippen MR) is 107 cm³/mol. The van der Waals surface area contributed by atoms with Crippen LogP contribution >= 0.6 is 11.6 Å². The molecule has 2 aromatic carbocycles. The smallest absolute Gasteiger partial charge is 0.313 e. The van der Waals surface area contributed by atoms with Crippen LogP contribution in [0.3, 0.4) is 0 Å². The van der Waals surface area contributed by atoms with Crippen LogP contribution in [0.25, 0.3) is 0 Å². The van der Waals surface area contributed by atoms with Gasteiger partial charge in [-0.15, -0.1) is 0 Å². The van der Waals surface area contributed by atoms with Crippen LogP contribution in [0.4, 0.5) is 0 Å². The minimum absolute atomic E-state index is 0.308. The first-order valence-electron chi connectivity index (χ1n) is 9.43. The number of hydrogen-bond donors (Lipinski definition) is 2.